The number of hydrogen-bond acceptors (Lipinski definition) is 4. The molecule has 1 aromatic carbocycles. The largest absolute Gasteiger partial charge is 0.425 e. The van der Waals surface area contributed by atoms with E-state index in [0.29, 0.717) is 22.5 Å². The van der Waals surface area contributed by atoms with Gasteiger partial charge in [-0.2, -0.15) is 0 Å². The highest BCUT2D eigenvalue weighted by Gasteiger charge is 2.38. The number of pyridine rings is 1. The van der Waals surface area contributed by atoms with Crippen molar-refractivity contribution in [1.29, 1.82) is 0 Å². The van der Waals surface area contributed by atoms with Gasteiger partial charge >= 0.3 is 5.97 Å². The molecule has 0 bridgehead atoms. The molecule has 3 rings (SSSR count). The topological polar surface area (TPSA) is 56.3 Å². The van der Waals surface area contributed by atoms with E-state index in [1.54, 1.807) is 37.5 Å². The Labute approximate surface area is 142 Å². The number of halogens is 1. The second-order valence-electron chi connectivity index (χ2n) is 5.43. The number of allylic oxidation sites excluding steroid dienone is 1. The highest BCUT2D eigenvalue weighted by atomic mass is 79.9. The first kappa shape index (κ1) is 15.6. The van der Waals surface area contributed by atoms with Crippen LogP contribution in [0.25, 0.3) is 5.76 Å². The van der Waals surface area contributed by atoms with E-state index < -0.39 is 11.9 Å². The maximum atomic E-state index is 12.8. The molecule has 0 fully saturated rings. The van der Waals surface area contributed by atoms with Gasteiger partial charge in [-0.25, -0.2) is 0 Å². The van der Waals surface area contributed by atoms with Crippen LogP contribution in [0.4, 0.5) is 0 Å². The maximum absolute atomic E-state index is 12.8. The number of Topliss-reactive ketones (excluding diaryl/α,β-unsaturated/α-hetero) is 1. The molecule has 2 heterocycles. The van der Waals surface area contributed by atoms with Gasteiger partial charge in [-0.3, -0.25) is 14.6 Å². The molecule has 0 saturated heterocycles. The minimum absolute atomic E-state index is 0.238. The van der Waals surface area contributed by atoms with Gasteiger partial charge in [0.1, 0.15) is 11.7 Å². The van der Waals surface area contributed by atoms with Gasteiger partial charge in [-0.1, -0.05) is 28.1 Å². The van der Waals surface area contributed by atoms with Crippen LogP contribution < -0.4 is 0 Å². The first-order valence-corrected chi connectivity index (χ1v) is 7.91. The van der Waals surface area contributed by atoms with Crippen molar-refractivity contribution >= 4 is 33.4 Å². The zero-order valence-electron chi connectivity index (χ0n) is 12.7. The molecule has 0 saturated carbocycles. The third kappa shape index (κ3) is 2.84. The van der Waals surface area contributed by atoms with Crippen molar-refractivity contribution in [3.05, 3.63) is 69.5 Å². The number of rotatable bonds is 2. The van der Waals surface area contributed by atoms with Crippen LogP contribution in [0, 0.1) is 6.92 Å². The number of cyclic esters (lactones) is 1. The zero-order chi connectivity index (χ0) is 16.6. The summed E-state index contributed by atoms with van der Waals surface area (Å²) in [7, 11) is 0. The molecule has 116 valence electrons. The van der Waals surface area contributed by atoms with Crippen LogP contribution in [-0.2, 0) is 14.3 Å². The Morgan fingerprint density at radius 1 is 1.09 bits per heavy atom. The minimum Gasteiger partial charge on any atom is -0.425 e. The van der Waals surface area contributed by atoms with E-state index in [1.807, 2.05) is 19.1 Å². The number of hydrogen-bond donors (Lipinski definition) is 0. The first-order chi connectivity index (χ1) is 11.0. The maximum Gasteiger partial charge on any atom is 0.326 e. The van der Waals surface area contributed by atoms with Crippen LogP contribution in [0.15, 0.2) is 52.8 Å². The summed E-state index contributed by atoms with van der Waals surface area (Å²) >= 11 is 3.43. The van der Waals surface area contributed by atoms with Crippen LogP contribution in [0.3, 0.4) is 0 Å². The third-order valence-electron chi connectivity index (χ3n) is 3.82. The number of nitrogens with zero attached hydrogens (tertiary/aromatic N) is 1. The predicted octanol–water partition coefficient (Wildman–Crippen LogP) is 3.79. The van der Waals surface area contributed by atoms with E-state index in [4.69, 9.17) is 4.74 Å². The Morgan fingerprint density at radius 3 is 2.43 bits per heavy atom. The molecule has 1 unspecified atom stereocenters. The van der Waals surface area contributed by atoms with Crippen LogP contribution >= 0.6 is 15.9 Å². The molecular weight excluding hydrogens is 358 g/mol. The normalized spacial score (nSPS) is 18.1. The zero-order valence-corrected chi connectivity index (χ0v) is 14.3. The van der Waals surface area contributed by atoms with Crippen molar-refractivity contribution in [2.75, 3.05) is 0 Å². The molecule has 1 atom stereocenters. The molecule has 0 radical (unpaired) electrons. The summed E-state index contributed by atoms with van der Waals surface area (Å²) in [6.07, 6.45) is 3.19. The number of ketones is 1. The Hall–Kier alpha value is -2.27. The number of ether oxygens (including phenoxy) is 1. The number of esters is 1. The summed E-state index contributed by atoms with van der Waals surface area (Å²) < 4.78 is 6.21. The number of aromatic nitrogens is 1. The van der Waals surface area contributed by atoms with Crippen molar-refractivity contribution in [3.8, 4) is 0 Å². The van der Waals surface area contributed by atoms with Crippen molar-refractivity contribution in [2.24, 2.45) is 0 Å². The second-order valence-corrected chi connectivity index (χ2v) is 6.29. The molecule has 5 heteroatoms. The fourth-order valence-corrected chi connectivity index (χ4v) is 3.31. The predicted molar refractivity (Wildman–Crippen MR) is 89.6 cm³/mol. The van der Waals surface area contributed by atoms with Gasteiger partial charge in [0.05, 0.1) is 0 Å². The van der Waals surface area contributed by atoms with Crippen LogP contribution in [0.1, 0.15) is 29.5 Å². The molecule has 0 amide bonds. The lowest BCUT2D eigenvalue weighted by molar-refractivity contribution is -0.143. The quantitative estimate of drug-likeness (QED) is 0.595. The van der Waals surface area contributed by atoms with E-state index in [9.17, 15) is 9.59 Å². The molecule has 4 nitrogen and oxygen atoms in total. The van der Waals surface area contributed by atoms with Crippen LogP contribution in [0.5, 0.6) is 0 Å². The molecule has 0 aliphatic carbocycles. The van der Waals surface area contributed by atoms with E-state index in [2.05, 4.69) is 20.9 Å². The lowest BCUT2D eigenvalue weighted by atomic mass is 9.87. The van der Waals surface area contributed by atoms with Gasteiger partial charge in [0.15, 0.2) is 5.78 Å². The van der Waals surface area contributed by atoms with Gasteiger partial charge in [-0.15, -0.1) is 0 Å². The molecule has 23 heavy (non-hydrogen) atoms. The standard InChI is InChI=1S/C18H14BrNO3/c1-10-3-4-13(14(19)9-10)15-16(21)11(2)17(23-18(15)22)12-5-7-20-8-6-12/h3-9,15H,1-2H3. The molecule has 2 aromatic rings. The summed E-state index contributed by atoms with van der Waals surface area (Å²) in [5.41, 5.74) is 2.77. The molecule has 0 N–H and O–H groups in total. The summed E-state index contributed by atoms with van der Waals surface area (Å²) in [5, 5.41) is 0. The number of carbonyl (C=O) groups excluding carboxylic acids is 2. The van der Waals surface area contributed by atoms with E-state index in [0.717, 1.165) is 10.0 Å². The number of carbonyl (C=O) groups is 2. The van der Waals surface area contributed by atoms with Crippen molar-refractivity contribution < 1.29 is 14.3 Å². The Balaban J connectivity index is 2.06. The Kier molecular flexibility index (Phi) is 4.13. The molecule has 1 aliphatic rings. The second kappa shape index (κ2) is 6.08. The number of benzene rings is 1. The van der Waals surface area contributed by atoms with Crippen molar-refractivity contribution in [3.63, 3.8) is 0 Å². The lowest BCUT2D eigenvalue weighted by Gasteiger charge is -2.24. The van der Waals surface area contributed by atoms with Gasteiger partial charge in [0.2, 0.25) is 0 Å². The molecule has 1 aliphatic heterocycles. The van der Waals surface area contributed by atoms with Crippen LogP contribution in [-0.4, -0.2) is 16.7 Å². The van der Waals surface area contributed by atoms with Crippen molar-refractivity contribution in [1.82, 2.24) is 4.98 Å². The molecule has 1 aromatic heterocycles. The Morgan fingerprint density at radius 2 is 1.78 bits per heavy atom. The summed E-state index contributed by atoms with van der Waals surface area (Å²) in [5.74, 6) is -1.42. The van der Waals surface area contributed by atoms with Crippen LogP contribution in [0.2, 0.25) is 0 Å². The van der Waals surface area contributed by atoms with Gasteiger partial charge in [0.25, 0.3) is 0 Å². The molecule has 0 spiro atoms. The third-order valence-corrected chi connectivity index (χ3v) is 4.51. The summed E-state index contributed by atoms with van der Waals surface area (Å²) in [6.45, 7) is 3.63. The van der Waals surface area contributed by atoms with E-state index in [1.165, 1.54) is 0 Å². The number of aryl methyl sites for hydroxylation is 1. The first-order valence-electron chi connectivity index (χ1n) is 7.12. The highest BCUT2D eigenvalue weighted by molar-refractivity contribution is 9.10. The monoisotopic (exact) mass is 371 g/mol. The minimum atomic E-state index is -0.935. The van der Waals surface area contributed by atoms with Gasteiger partial charge < -0.3 is 4.74 Å². The average Bonchev–Trinajstić information content (AvgIpc) is 2.54. The smallest absolute Gasteiger partial charge is 0.326 e. The van der Waals surface area contributed by atoms with E-state index >= 15 is 0 Å². The van der Waals surface area contributed by atoms with Gasteiger partial charge in [-0.05, 0) is 43.2 Å². The fourth-order valence-electron chi connectivity index (χ4n) is 2.58. The van der Waals surface area contributed by atoms with Crippen molar-refractivity contribution in [2.45, 2.75) is 19.8 Å². The fraction of sp³-hybridized carbons (Fsp3) is 0.167. The SMILES string of the molecule is CC1=C(c2ccncc2)OC(=O)C(c2ccc(C)cc2Br)C1=O. The lowest BCUT2D eigenvalue weighted by Crippen LogP contribution is -2.30. The summed E-state index contributed by atoms with van der Waals surface area (Å²) in [6, 6.07) is 8.96. The van der Waals surface area contributed by atoms with E-state index in [-0.39, 0.29) is 5.78 Å². The van der Waals surface area contributed by atoms with Gasteiger partial charge in [0, 0.05) is 28.0 Å². The molecular formula is C18H14BrNO3. The average molecular weight is 372 g/mol. The summed E-state index contributed by atoms with van der Waals surface area (Å²) in [4.78, 5) is 29.2. The highest BCUT2D eigenvalue weighted by Crippen LogP contribution is 2.36. The Bertz CT molecular complexity index is 827.